The van der Waals surface area contributed by atoms with Crippen LogP contribution in [0.25, 0.3) is 0 Å². The molecule has 2 aromatic heterocycles. The molecule has 0 radical (unpaired) electrons. The number of rotatable bonds is 10. The second-order valence-corrected chi connectivity index (χ2v) is 11.0. The Morgan fingerprint density at radius 2 is 1.97 bits per heavy atom. The molecule has 1 saturated carbocycles. The number of nitrogens with zero attached hydrogens (tertiary/aromatic N) is 2. The second kappa shape index (κ2) is 11.1. The molecule has 1 aliphatic rings. The summed E-state index contributed by atoms with van der Waals surface area (Å²) in [5.41, 5.74) is 2.57. The molecule has 2 heterocycles. The minimum absolute atomic E-state index is 0.191. The topological polar surface area (TPSA) is 144 Å². The number of aryl methyl sites for hydroxylation is 2. The van der Waals surface area contributed by atoms with E-state index in [1.807, 2.05) is 35.7 Å². The van der Waals surface area contributed by atoms with Crippen molar-refractivity contribution in [2.24, 2.45) is 11.1 Å². The predicted octanol–water partition coefficient (Wildman–Crippen LogP) is 2.98. The van der Waals surface area contributed by atoms with Crippen molar-refractivity contribution in [1.82, 2.24) is 9.97 Å². The Morgan fingerprint density at radius 3 is 2.71 bits per heavy atom. The Balaban J connectivity index is 1.40. The number of aliphatic hydroxyl groups is 1. The van der Waals surface area contributed by atoms with Gasteiger partial charge in [-0.25, -0.2) is 15.1 Å². The largest absolute Gasteiger partial charge is 0.393 e. The fourth-order valence-electron chi connectivity index (χ4n) is 4.08. The molecule has 9 nitrogen and oxygen atoms in total. The highest BCUT2D eigenvalue weighted by Crippen LogP contribution is 2.30. The van der Waals surface area contributed by atoms with Crippen molar-refractivity contribution in [3.63, 3.8) is 0 Å². The lowest BCUT2D eigenvalue weighted by atomic mass is 10.1. The van der Waals surface area contributed by atoms with Gasteiger partial charge in [0.05, 0.1) is 23.2 Å². The zero-order valence-corrected chi connectivity index (χ0v) is 21.0. The highest BCUT2D eigenvalue weighted by atomic mass is 35.5. The Kier molecular flexibility index (Phi) is 8.15. The maximum Gasteiger partial charge on any atom is 0.333 e. The Bertz CT molecular complexity index is 1280. The molecule has 12 heteroatoms. The van der Waals surface area contributed by atoms with Crippen LogP contribution in [0.5, 0.6) is 0 Å². The first-order valence-electron chi connectivity index (χ1n) is 11.0. The second-order valence-electron chi connectivity index (χ2n) is 8.48. The van der Waals surface area contributed by atoms with Gasteiger partial charge < -0.3 is 10.4 Å². The van der Waals surface area contributed by atoms with Crippen LogP contribution < -0.4 is 10.5 Å². The first-order valence-corrected chi connectivity index (χ1v) is 13.7. The summed E-state index contributed by atoms with van der Waals surface area (Å²) in [5, 5.41) is 21.0. The van der Waals surface area contributed by atoms with Gasteiger partial charge in [0.25, 0.3) is 0 Å². The highest BCUT2D eigenvalue weighted by Gasteiger charge is 2.34. The summed E-state index contributed by atoms with van der Waals surface area (Å²) in [6, 6.07) is 9.37. The lowest BCUT2D eigenvalue weighted by Crippen LogP contribution is -2.24. The van der Waals surface area contributed by atoms with Crippen LogP contribution >= 0.6 is 22.9 Å². The average molecular weight is 537 g/mol. The van der Waals surface area contributed by atoms with E-state index in [-0.39, 0.29) is 18.4 Å². The first-order chi connectivity index (χ1) is 16.7. The number of carbonyl (C=O) groups is 1. The molecule has 35 heavy (non-hydrogen) atoms. The van der Waals surface area contributed by atoms with Crippen LogP contribution in [-0.4, -0.2) is 48.0 Å². The van der Waals surface area contributed by atoms with Gasteiger partial charge in [-0.2, -0.15) is 8.42 Å². The number of aliphatic hydroxyl groups excluding tert-OH is 1. The first kappa shape index (κ1) is 25.7. The van der Waals surface area contributed by atoms with E-state index in [9.17, 15) is 18.3 Å². The number of nitrogens with two attached hydrogens (primary N) is 1. The van der Waals surface area contributed by atoms with Crippen LogP contribution in [0, 0.1) is 5.92 Å². The maximum atomic E-state index is 13.2. The van der Waals surface area contributed by atoms with Crippen molar-refractivity contribution < 1.29 is 22.5 Å². The van der Waals surface area contributed by atoms with Crippen LogP contribution in [0.3, 0.4) is 0 Å². The van der Waals surface area contributed by atoms with Gasteiger partial charge in [-0.15, -0.1) is 11.3 Å². The fourth-order valence-corrected chi connectivity index (χ4v) is 5.48. The van der Waals surface area contributed by atoms with Crippen LogP contribution in [0.15, 0.2) is 48.2 Å². The Labute approximate surface area is 212 Å². The normalized spacial score (nSPS) is 20.1. The van der Waals surface area contributed by atoms with E-state index in [0.717, 1.165) is 18.4 Å². The third-order valence-corrected chi connectivity index (χ3v) is 7.59. The van der Waals surface area contributed by atoms with Crippen LogP contribution in [0.1, 0.15) is 39.2 Å². The monoisotopic (exact) mass is 536 g/mol. The van der Waals surface area contributed by atoms with E-state index >= 15 is 0 Å². The molecule has 1 fully saturated rings. The van der Waals surface area contributed by atoms with Gasteiger partial charge in [-0.1, -0.05) is 23.7 Å². The molecule has 4 rings (SSSR count). The third kappa shape index (κ3) is 7.06. The summed E-state index contributed by atoms with van der Waals surface area (Å²) in [5.74, 6) is -0.234. The molecule has 0 saturated heterocycles. The molecule has 0 amide bonds. The molecular weight excluding hydrogens is 512 g/mol. The van der Waals surface area contributed by atoms with Crippen LogP contribution in [0.4, 0.5) is 5.82 Å². The molecule has 3 atom stereocenters. The number of halogens is 1. The Morgan fingerprint density at radius 1 is 1.23 bits per heavy atom. The number of carbonyl (C=O) groups excluding carboxylic acids is 1. The van der Waals surface area contributed by atoms with Gasteiger partial charge in [-0.3, -0.25) is 8.98 Å². The molecule has 4 N–H and O–H groups in total. The minimum Gasteiger partial charge on any atom is -0.393 e. The quantitative estimate of drug-likeness (QED) is 0.335. The number of nitrogens with one attached hydrogen (secondary N) is 1. The van der Waals surface area contributed by atoms with Crippen molar-refractivity contribution in [2.45, 2.75) is 37.8 Å². The standard InChI is InChI=1S/C23H25ClN4O5S2/c24-17-5-3-14(4-6-17)1-2-15-7-21(34-12-15)22(30)19-10-26-13-27-23(19)28-18-8-16(20(29)9-18)11-33-35(25,31)32/h3-7,10,12-13,16,18,20,29H,1-2,8-9,11H2,(H2,25,31,32)(H,26,27,28)/t16-,18-,20+/m1/s1. The summed E-state index contributed by atoms with van der Waals surface area (Å²) in [7, 11) is -4.08. The number of benzene rings is 1. The van der Waals surface area contributed by atoms with E-state index in [1.54, 1.807) is 0 Å². The third-order valence-electron chi connectivity index (χ3n) is 5.89. The number of thiophene rings is 1. The highest BCUT2D eigenvalue weighted by molar-refractivity contribution is 7.84. The van der Waals surface area contributed by atoms with E-state index in [4.69, 9.17) is 16.7 Å². The molecule has 0 aliphatic heterocycles. The van der Waals surface area contributed by atoms with E-state index in [0.29, 0.717) is 34.1 Å². The molecule has 1 aliphatic carbocycles. The lowest BCUT2D eigenvalue weighted by molar-refractivity contribution is 0.101. The average Bonchev–Trinajstić information content (AvgIpc) is 3.43. The Hall–Kier alpha value is -2.41. The van der Waals surface area contributed by atoms with Crippen molar-refractivity contribution in [3.05, 3.63) is 74.8 Å². The van der Waals surface area contributed by atoms with E-state index in [1.165, 1.54) is 29.4 Å². The predicted molar refractivity (Wildman–Crippen MR) is 134 cm³/mol. The van der Waals surface area contributed by atoms with Crippen molar-refractivity contribution in [2.75, 3.05) is 11.9 Å². The van der Waals surface area contributed by atoms with E-state index < -0.39 is 22.3 Å². The molecular formula is C23H25ClN4O5S2. The summed E-state index contributed by atoms with van der Waals surface area (Å²) in [6.07, 6.45) is 4.46. The number of ketones is 1. The smallest absolute Gasteiger partial charge is 0.333 e. The zero-order chi connectivity index (χ0) is 25.0. The maximum absolute atomic E-state index is 13.2. The van der Waals surface area contributed by atoms with Crippen molar-refractivity contribution >= 4 is 44.8 Å². The summed E-state index contributed by atoms with van der Waals surface area (Å²) in [4.78, 5) is 22.1. The van der Waals surface area contributed by atoms with Crippen LogP contribution in [-0.2, 0) is 27.3 Å². The fraction of sp³-hybridized carbons (Fsp3) is 0.348. The lowest BCUT2D eigenvalue weighted by Gasteiger charge is -2.15. The molecule has 0 spiro atoms. The molecule has 186 valence electrons. The summed E-state index contributed by atoms with van der Waals surface area (Å²) >= 11 is 7.31. The SMILES string of the molecule is NS(=O)(=O)OC[C@H]1C[C@@H](Nc2ncncc2C(=O)c2cc(CCc3ccc(Cl)cc3)cs2)C[C@@H]1O. The summed E-state index contributed by atoms with van der Waals surface area (Å²) < 4.78 is 26.7. The number of hydrogen-bond acceptors (Lipinski definition) is 9. The number of aromatic nitrogens is 2. The van der Waals surface area contributed by atoms with Crippen molar-refractivity contribution in [1.29, 1.82) is 0 Å². The van der Waals surface area contributed by atoms with Gasteiger partial charge in [0, 0.05) is 23.2 Å². The van der Waals surface area contributed by atoms with Gasteiger partial charge in [-0.05, 0) is 60.4 Å². The minimum atomic E-state index is -4.08. The van der Waals surface area contributed by atoms with E-state index in [2.05, 4.69) is 19.5 Å². The zero-order valence-electron chi connectivity index (χ0n) is 18.6. The van der Waals surface area contributed by atoms with Crippen molar-refractivity contribution in [3.8, 4) is 0 Å². The molecule has 1 aromatic carbocycles. The molecule has 0 unspecified atom stereocenters. The van der Waals surface area contributed by atoms with Gasteiger partial charge in [0.2, 0.25) is 5.78 Å². The molecule has 3 aromatic rings. The van der Waals surface area contributed by atoms with Gasteiger partial charge in [0.1, 0.15) is 12.1 Å². The van der Waals surface area contributed by atoms with Crippen LogP contribution in [0.2, 0.25) is 5.02 Å². The summed E-state index contributed by atoms with van der Waals surface area (Å²) in [6.45, 7) is -0.207. The number of anilines is 1. The number of hydrogen-bond donors (Lipinski definition) is 3. The molecule has 0 bridgehead atoms. The van der Waals surface area contributed by atoms with Gasteiger partial charge in [0.15, 0.2) is 0 Å². The van der Waals surface area contributed by atoms with Gasteiger partial charge >= 0.3 is 10.3 Å².